The highest BCUT2D eigenvalue weighted by molar-refractivity contribution is 5.82. The van der Waals surface area contributed by atoms with Gasteiger partial charge in [-0.2, -0.15) is 0 Å². The monoisotopic (exact) mass is 339 g/mol. The highest BCUT2D eigenvalue weighted by Crippen LogP contribution is 2.32. The third-order valence-corrected chi connectivity index (χ3v) is 3.91. The molecule has 2 aromatic heterocycles. The first-order valence-corrected chi connectivity index (χ1v) is 7.81. The Morgan fingerprint density at radius 2 is 2.00 bits per heavy atom. The molecule has 4 atom stereocenters. The lowest BCUT2D eigenvalue weighted by molar-refractivity contribution is -0.0409. The molecule has 1 fully saturated rings. The average Bonchev–Trinajstić information content (AvgIpc) is 3.07. The summed E-state index contributed by atoms with van der Waals surface area (Å²) >= 11 is 0. The Bertz CT molecular complexity index is 717. The number of hydrogen-bond acceptors (Lipinski definition) is 7. The highest BCUT2D eigenvalue weighted by atomic mass is 19.1. The summed E-state index contributed by atoms with van der Waals surface area (Å²) in [6.07, 6.45) is -1.74. The quantitative estimate of drug-likeness (QED) is 0.759. The molecule has 8 nitrogen and oxygen atoms in total. The van der Waals surface area contributed by atoms with Crippen LogP contribution in [0.2, 0.25) is 0 Å². The second kappa shape index (κ2) is 6.23. The molecule has 1 saturated heterocycles. The molecule has 3 rings (SSSR count). The van der Waals surface area contributed by atoms with Gasteiger partial charge in [0.05, 0.1) is 6.33 Å². The molecule has 3 heterocycles. The zero-order valence-corrected chi connectivity index (χ0v) is 13.8. The maximum atomic E-state index is 12.9. The van der Waals surface area contributed by atoms with Gasteiger partial charge in [0.2, 0.25) is 0 Å². The molecule has 24 heavy (non-hydrogen) atoms. The number of aliphatic hydroxyl groups is 2. The van der Waals surface area contributed by atoms with E-state index in [4.69, 9.17) is 4.74 Å². The van der Waals surface area contributed by atoms with Crippen molar-refractivity contribution in [3.8, 4) is 0 Å². The normalized spacial score (nSPS) is 27.8. The standard InChI is InChI=1S/C15H22FN5O3/c1-15(2,3)5-17-12-9-13(19-6-18-12)21(7-20-9)14-11(23)10(22)8(4-16)24-14/h6-8,10-11,14,22-23H,4-5H2,1-3H3,(H,17,18,19)/t8-,10-,11-,14-/m1/s1. The van der Waals surface area contributed by atoms with Crippen LogP contribution in [-0.4, -0.2) is 61.3 Å². The van der Waals surface area contributed by atoms with Crippen LogP contribution in [0.5, 0.6) is 0 Å². The van der Waals surface area contributed by atoms with E-state index >= 15 is 0 Å². The van der Waals surface area contributed by atoms with Gasteiger partial charge < -0.3 is 20.3 Å². The van der Waals surface area contributed by atoms with Gasteiger partial charge in [0, 0.05) is 6.54 Å². The zero-order chi connectivity index (χ0) is 17.5. The van der Waals surface area contributed by atoms with Crippen LogP contribution in [-0.2, 0) is 4.74 Å². The second-order valence-electron chi connectivity index (χ2n) is 7.16. The Morgan fingerprint density at radius 3 is 2.62 bits per heavy atom. The number of anilines is 1. The van der Waals surface area contributed by atoms with Crippen LogP contribution in [0, 0.1) is 5.41 Å². The van der Waals surface area contributed by atoms with E-state index in [-0.39, 0.29) is 5.41 Å². The van der Waals surface area contributed by atoms with Gasteiger partial charge in [0.25, 0.3) is 0 Å². The van der Waals surface area contributed by atoms with Crippen molar-refractivity contribution in [1.82, 2.24) is 19.5 Å². The van der Waals surface area contributed by atoms with Crippen LogP contribution < -0.4 is 5.32 Å². The summed E-state index contributed by atoms with van der Waals surface area (Å²) in [5.74, 6) is 0.573. The number of halogens is 1. The van der Waals surface area contributed by atoms with E-state index in [0.29, 0.717) is 23.5 Å². The smallest absolute Gasteiger partial charge is 0.167 e. The van der Waals surface area contributed by atoms with Gasteiger partial charge in [-0.3, -0.25) is 4.57 Å². The van der Waals surface area contributed by atoms with Crippen LogP contribution in [0.4, 0.5) is 10.2 Å². The summed E-state index contributed by atoms with van der Waals surface area (Å²) < 4.78 is 19.8. The SMILES string of the molecule is CC(C)(C)CNc1ncnc2c1ncn2[C@@H]1O[C@H](CF)[C@@H](O)[C@H]1O. The van der Waals surface area contributed by atoms with Gasteiger partial charge in [-0.15, -0.1) is 0 Å². The molecule has 0 bridgehead atoms. The average molecular weight is 339 g/mol. The Labute approximate surface area is 138 Å². The van der Waals surface area contributed by atoms with Gasteiger partial charge in [-0.1, -0.05) is 20.8 Å². The summed E-state index contributed by atoms with van der Waals surface area (Å²) in [4.78, 5) is 12.7. The molecule has 1 aliphatic heterocycles. The molecule has 0 unspecified atom stereocenters. The summed E-state index contributed by atoms with van der Waals surface area (Å²) in [5, 5.41) is 23.2. The van der Waals surface area contributed by atoms with Crippen molar-refractivity contribution >= 4 is 17.0 Å². The highest BCUT2D eigenvalue weighted by Gasteiger charge is 2.44. The van der Waals surface area contributed by atoms with Crippen molar-refractivity contribution in [3.63, 3.8) is 0 Å². The number of nitrogens with zero attached hydrogens (tertiary/aromatic N) is 4. The minimum absolute atomic E-state index is 0.0586. The molecule has 3 N–H and O–H groups in total. The van der Waals surface area contributed by atoms with Gasteiger partial charge in [0.15, 0.2) is 23.2 Å². The first-order valence-electron chi connectivity index (χ1n) is 7.81. The lowest BCUT2D eigenvalue weighted by Gasteiger charge is -2.19. The summed E-state index contributed by atoms with van der Waals surface area (Å²) in [7, 11) is 0. The molecule has 2 aromatic rings. The maximum absolute atomic E-state index is 12.9. The fourth-order valence-corrected chi connectivity index (χ4v) is 2.60. The molecule has 132 valence electrons. The number of hydrogen-bond donors (Lipinski definition) is 3. The number of ether oxygens (including phenoxy) is 1. The van der Waals surface area contributed by atoms with Crippen LogP contribution in [0.3, 0.4) is 0 Å². The van der Waals surface area contributed by atoms with Gasteiger partial charge >= 0.3 is 0 Å². The van der Waals surface area contributed by atoms with E-state index in [1.54, 1.807) is 0 Å². The molecule has 0 amide bonds. The van der Waals surface area contributed by atoms with Crippen molar-refractivity contribution in [2.24, 2.45) is 5.41 Å². The fourth-order valence-electron chi connectivity index (χ4n) is 2.60. The van der Waals surface area contributed by atoms with Gasteiger partial charge in [-0.25, -0.2) is 19.3 Å². The molecule has 0 aliphatic carbocycles. The summed E-state index contributed by atoms with van der Waals surface area (Å²) in [5.41, 5.74) is 1.02. The number of nitrogens with one attached hydrogen (secondary N) is 1. The molecular formula is C15H22FN5O3. The molecule has 1 aliphatic rings. The van der Waals surface area contributed by atoms with E-state index in [0.717, 1.165) is 0 Å². The second-order valence-corrected chi connectivity index (χ2v) is 7.16. The Balaban J connectivity index is 1.91. The fraction of sp³-hybridized carbons (Fsp3) is 0.667. The molecule has 0 aromatic carbocycles. The van der Waals surface area contributed by atoms with Crippen LogP contribution in [0.25, 0.3) is 11.2 Å². The Morgan fingerprint density at radius 1 is 1.25 bits per heavy atom. The van der Waals surface area contributed by atoms with E-state index < -0.39 is 31.2 Å². The minimum atomic E-state index is -1.29. The van der Waals surface area contributed by atoms with Crippen molar-refractivity contribution in [2.75, 3.05) is 18.5 Å². The zero-order valence-electron chi connectivity index (χ0n) is 13.8. The largest absolute Gasteiger partial charge is 0.387 e. The number of rotatable bonds is 4. The van der Waals surface area contributed by atoms with Gasteiger partial charge in [0.1, 0.15) is 31.3 Å². The maximum Gasteiger partial charge on any atom is 0.167 e. The third-order valence-electron chi connectivity index (χ3n) is 3.91. The number of fused-ring (bicyclic) bond motifs is 1. The van der Waals surface area contributed by atoms with Crippen LogP contribution in [0.1, 0.15) is 27.0 Å². The topological polar surface area (TPSA) is 105 Å². The molecule has 0 saturated carbocycles. The predicted octanol–water partition coefficient (Wildman–Crippen LogP) is 0.873. The number of aliphatic hydroxyl groups excluding tert-OH is 2. The molecule has 0 radical (unpaired) electrons. The van der Waals surface area contributed by atoms with E-state index in [1.165, 1.54) is 17.2 Å². The third kappa shape index (κ3) is 3.06. The first kappa shape index (κ1) is 17.0. The van der Waals surface area contributed by atoms with Crippen molar-refractivity contribution < 1.29 is 19.3 Å². The minimum Gasteiger partial charge on any atom is -0.387 e. The van der Waals surface area contributed by atoms with E-state index in [9.17, 15) is 14.6 Å². The van der Waals surface area contributed by atoms with Crippen molar-refractivity contribution in [1.29, 1.82) is 0 Å². The van der Waals surface area contributed by atoms with Gasteiger partial charge in [-0.05, 0) is 5.41 Å². The molecule has 9 heteroatoms. The predicted molar refractivity (Wildman–Crippen MR) is 85.2 cm³/mol. The number of alkyl halides is 1. The van der Waals surface area contributed by atoms with Crippen molar-refractivity contribution in [2.45, 2.75) is 45.3 Å². The first-order chi connectivity index (χ1) is 11.3. The molecular weight excluding hydrogens is 317 g/mol. The van der Waals surface area contributed by atoms with E-state index in [2.05, 4.69) is 41.0 Å². The van der Waals surface area contributed by atoms with E-state index in [1.807, 2.05) is 0 Å². The lowest BCUT2D eigenvalue weighted by Crippen LogP contribution is -2.32. The van der Waals surface area contributed by atoms with Crippen LogP contribution >= 0.6 is 0 Å². The Kier molecular flexibility index (Phi) is 4.41. The summed E-state index contributed by atoms with van der Waals surface area (Å²) in [6.45, 7) is 6.10. The van der Waals surface area contributed by atoms with Crippen molar-refractivity contribution in [3.05, 3.63) is 12.7 Å². The number of aromatic nitrogens is 4. The lowest BCUT2D eigenvalue weighted by atomic mass is 9.97. The number of imidazole rings is 1. The summed E-state index contributed by atoms with van der Waals surface area (Å²) in [6, 6.07) is 0. The Hall–Kier alpha value is -1.84. The molecule has 0 spiro atoms. The van der Waals surface area contributed by atoms with Crippen LogP contribution in [0.15, 0.2) is 12.7 Å².